The molecule has 4 aliphatic carbocycles. The van der Waals surface area contributed by atoms with Gasteiger partial charge in [0.1, 0.15) is 19.3 Å². The summed E-state index contributed by atoms with van der Waals surface area (Å²) in [5.41, 5.74) is -1.32. The van der Waals surface area contributed by atoms with E-state index in [0.717, 1.165) is 38.2 Å². The van der Waals surface area contributed by atoms with E-state index in [9.17, 15) is 19.8 Å². The summed E-state index contributed by atoms with van der Waals surface area (Å²) in [6.45, 7) is 2.81. The summed E-state index contributed by atoms with van der Waals surface area (Å²) in [5.74, 6) is -0.169. The van der Waals surface area contributed by atoms with E-state index in [1.165, 1.54) is 0 Å². The highest BCUT2D eigenvalue weighted by Crippen LogP contribution is 2.61. The Bertz CT molecular complexity index is 499. The molecule has 23 heavy (non-hydrogen) atoms. The van der Waals surface area contributed by atoms with Crippen molar-refractivity contribution in [2.45, 2.75) is 50.2 Å². The van der Waals surface area contributed by atoms with E-state index in [0.29, 0.717) is 18.3 Å². The first-order valence-corrected chi connectivity index (χ1v) is 8.21. The predicted molar refractivity (Wildman–Crippen MR) is 80.2 cm³/mol. The van der Waals surface area contributed by atoms with Crippen LogP contribution in [0.3, 0.4) is 0 Å². The van der Waals surface area contributed by atoms with Crippen LogP contribution in [0.4, 0.5) is 0 Å². The van der Waals surface area contributed by atoms with Crippen molar-refractivity contribution in [3.63, 3.8) is 0 Å². The summed E-state index contributed by atoms with van der Waals surface area (Å²) >= 11 is 0. The third kappa shape index (κ3) is 3.28. The average Bonchev–Trinajstić information content (AvgIpc) is 2.47. The SMILES string of the molecule is C=CC(=O)OCC(O)COC(=O)C12CC3CC(CC(O)(C3)C1)C2. The van der Waals surface area contributed by atoms with Gasteiger partial charge in [0, 0.05) is 6.08 Å². The second kappa shape index (κ2) is 5.91. The number of ether oxygens (including phenoxy) is 2. The van der Waals surface area contributed by atoms with E-state index in [2.05, 4.69) is 6.58 Å². The lowest BCUT2D eigenvalue weighted by atomic mass is 9.48. The molecule has 0 aromatic carbocycles. The van der Waals surface area contributed by atoms with Crippen molar-refractivity contribution in [3.8, 4) is 0 Å². The molecule has 0 heterocycles. The normalized spacial score (nSPS) is 38.9. The van der Waals surface area contributed by atoms with Crippen LogP contribution in [0.15, 0.2) is 12.7 Å². The number of aliphatic hydroxyl groups is 2. The molecule has 0 spiro atoms. The molecule has 0 amide bonds. The van der Waals surface area contributed by atoms with Gasteiger partial charge in [-0.05, 0) is 50.4 Å². The molecule has 0 aliphatic heterocycles. The predicted octanol–water partition coefficient (Wildman–Crippen LogP) is 0.951. The highest BCUT2D eigenvalue weighted by atomic mass is 16.6. The van der Waals surface area contributed by atoms with Gasteiger partial charge >= 0.3 is 11.9 Å². The number of carbonyl (C=O) groups is 2. The largest absolute Gasteiger partial charge is 0.462 e. The Morgan fingerprint density at radius 2 is 1.78 bits per heavy atom. The number of rotatable bonds is 6. The summed E-state index contributed by atoms with van der Waals surface area (Å²) in [6.07, 6.45) is 4.63. The highest BCUT2D eigenvalue weighted by Gasteiger charge is 2.60. The smallest absolute Gasteiger partial charge is 0.330 e. The number of carbonyl (C=O) groups excluding carboxylic acids is 2. The molecule has 0 radical (unpaired) electrons. The summed E-state index contributed by atoms with van der Waals surface area (Å²) in [5, 5.41) is 20.4. The van der Waals surface area contributed by atoms with Gasteiger partial charge < -0.3 is 19.7 Å². The monoisotopic (exact) mass is 324 g/mol. The molecule has 4 fully saturated rings. The van der Waals surface area contributed by atoms with Gasteiger partial charge in [-0.2, -0.15) is 0 Å². The third-order valence-corrected chi connectivity index (χ3v) is 5.45. The van der Waals surface area contributed by atoms with E-state index in [4.69, 9.17) is 9.47 Å². The molecule has 3 atom stereocenters. The van der Waals surface area contributed by atoms with Gasteiger partial charge in [-0.3, -0.25) is 4.79 Å². The first kappa shape index (κ1) is 16.5. The van der Waals surface area contributed by atoms with E-state index >= 15 is 0 Å². The van der Waals surface area contributed by atoms with Crippen LogP contribution in [0, 0.1) is 17.3 Å². The van der Waals surface area contributed by atoms with Crippen LogP contribution in [-0.4, -0.2) is 47.1 Å². The minimum absolute atomic E-state index is 0.210. The molecular formula is C17H24O6. The molecule has 4 aliphatic rings. The zero-order valence-electron chi connectivity index (χ0n) is 13.2. The zero-order valence-corrected chi connectivity index (χ0v) is 13.2. The average molecular weight is 324 g/mol. The molecule has 2 N–H and O–H groups in total. The fourth-order valence-electron chi connectivity index (χ4n) is 5.06. The maximum absolute atomic E-state index is 12.6. The quantitative estimate of drug-likeness (QED) is 0.558. The van der Waals surface area contributed by atoms with Crippen LogP contribution in [-0.2, 0) is 19.1 Å². The Balaban J connectivity index is 1.54. The van der Waals surface area contributed by atoms with Gasteiger partial charge in [0.15, 0.2) is 0 Å². The second-order valence-electron chi connectivity index (χ2n) is 7.55. The maximum atomic E-state index is 12.6. The van der Waals surface area contributed by atoms with Gasteiger partial charge in [0.2, 0.25) is 0 Å². The number of aliphatic hydroxyl groups excluding tert-OH is 1. The van der Waals surface area contributed by atoms with Crippen molar-refractivity contribution < 1.29 is 29.3 Å². The summed E-state index contributed by atoms with van der Waals surface area (Å²) in [6, 6.07) is 0. The van der Waals surface area contributed by atoms with Crippen molar-refractivity contribution in [1.29, 1.82) is 0 Å². The fraction of sp³-hybridized carbons (Fsp3) is 0.765. The standard InChI is InChI=1S/C17H24O6/c1-2-14(19)22-8-13(18)9-23-15(20)16-4-11-3-12(5-16)7-17(21,6-11)10-16/h2,11-13,18,21H,1,3-10H2. The van der Waals surface area contributed by atoms with Gasteiger partial charge in [0.25, 0.3) is 0 Å². The highest BCUT2D eigenvalue weighted by molar-refractivity contribution is 5.81. The summed E-state index contributed by atoms with van der Waals surface area (Å²) < 4.78 is 9.99. The number of esters is 2. The van der Waals surface area contributed by atoms with Crippen molar-refractivity contribution in [2.24, 2.45) is 17.3 Å². The fourth-order valence-corrected chi connectivity index (χ4v) is 5.06. The topological polar surface area (TPSA) is 93.1 Å². The van der Waals surface area contributed by atoms with Gasteiger partial charge in [0.05, 0.1) is 11.0 Å². The first-order chi connectivity index (χ1) is 10.8. The second-order valence-corrected chi connectivity index (χ2v) is 7.55. The Kier molecular flexibility index (Phi) is 4.23. The van der Waals surface area contributed by atoms with Crippen molar-refractivity contribution >= 4 is 11.9 Å². The minimum Gasteiger partial charge on any atom is -0.462 e. The van der Waals surface area contributed by atoms with Gasteiger partial charge in [-0.1, -0.05) is 6.58 Å². The van der Waals surface area contributed by atoms with E-state index in [1.807, 2.05) is 0 Å². The zero-order chi connectivity index (χ0) is 16.7. The molecule has 3 unspecified atom stereocenters. The lowest BCUT2D eigenvalue weighted by molar-refractivity contribution is -0.198. The molecule has 0 saturated heterocycles. The van der Waals surface area contributed by atoms with Crippen LogP contribution in [0.2, 0.25) is 0 Å². The van der Waals surface area contributed by atoms with Crippen molar-refractivity contribution in [2.75, 3.05) is 13.2 Å². The van der Waals surface area contributed by atoms with Gasteiger partial charge in [-0.15, -0.1) is 0 Å². The molecule has 0 aromatic rings. The maximum Gasteiger partial charge on any atom is 0.330 e. The Labute approximate surface area is 135 Å². The number of hydrogen-bond acceptors (Lipinski definition) is 6. The van der Waals surface area contributed by atoms with Crippen molar-refractivity contribution in [1.82, 2.24) is 0 Å². The lowest BCUT2D eigenvalue weighted by Gasteiger charge is -2.58. The van der Waals surface area contributed by atoms with Crippen LogP contribution < -0.4 is 0 Å². The Morgan fingerprint density at radius 1 is 1.17 bits per heavy atom. The molecule has 128 valence electrons. The molecule has 4 rings (SSSR count). The van der Waals surface area contributed by atoms with Gasteiger partial charge in [-0.25, -0.2) is 4.79 Å². The molecule has 6 heteroatoms. The first-order valence-electron chi connectivity index (χ1n) is 8.21. The summed E-state index contributed by atoms with van der Waals surface area (Å²) in [7, 11) is 0. The van der Waals surface area contributed by atoms with E-state index in [-0.39, 0.29) is 19.2 Å². The molecule has 4 bridgehead atoms. The van der Waals surface area contributed by atoms with Crippen LogP contribution in [0.5, 0.6) is 0 Å². The Hall–Kier alpha value is -1.40. The van der Waals surface area contributed by atoms with E-state index < -0.39 is 23.1 Å². The molecular weight excluding hydrogens is 300 g/mol. The molecule has 0 aromatic heterocycles. The molecule has 6 nitrogen and oxygen atoms in total. The lowest BCUT2D eigenvalue weighted by Crippen LogP contribution is -2.58. The third-order valence-electron chi connectivity index (χ3n) is 5.45. The summed E-state index contributed by atoms with van der Waals surface area (Å²) in [4.78, 5) is 23.5. The number of hydrogen-bond donors (Lipinski definition) is 2. The van der Waals surface area contributed by atoms with Crippen molar-refractivity contribution in [3.05, 3.63) is 12.7 Å². The van der Waals surface area contributed by atoms with Crippen LogP contribution in [0.1, 0.15) is 38.5 Å². The van der Waals surface area contributed by atoms with Crippen LogP contribution >= 0.6 is 0 Å². The molecule has 4 saturated carbocycles. The minimum atomic E-state index is -1.06. The van der Waals surface area contributed by atoms with Crippen LogP contribution in [0.25, 0.3) is 0 Å². The van der Waals surface area contributed by atoms with E-state index in [1.54, 1.807) is 0 Å². The Morgan fingerprint density at radius 3 is 2.35 bits per heavy atom.